The molecule has 0 aliphatic heterocycles. The lowest BCUT2D eigenvalue weighted by Crippen LogP contribution is -2.32. The Morgan fingerprint density at radius 1 is 1.42 bits per heavy atom. The maximum absolute atomic E-state index is 12.8. The Hall–Kier alpha value is -2.09. The molecule has 1 atom stereocenters. The van der Waals surface area contributed by atoms with Crippen LogP contribution in [0.2, 0.25) is 5.02 Å². The van der Waals surface area contributed by atoms with E-state index in [1.54, 1.807) is 7.05 Å². The summed E-state index contributed by atoms with van der Waals surface area (Å²) in [4.78, 5) is 16.6. The van der Waals surface area contributed by atoms with Crippen molar-refractivity contribution >= 4 is 17.5 Å². The molecule has 24 heavy (non-hydrogen) atoms. The normalized spacial score (nSPS) is 16.0. The number of nitrogens with one attached hydrogen (secondary N) is 1. The Balaban J connectivity index is 1.87. The molecule has 1 aromatic heterocycles. The predicted molar refractivity (Wildman–Crippen MR) is 80.4 cm³/mol. The van der Waals surface area contributed by atoms with Crippen molar-refractivity contribution < 1.29 is 18.0 Å². The Bertz CT molecular complexity index is 770. The lowest BCUT2D eigenvalue weighted by atomic mass is 10.1. The highest BCUT2D eigenvalue weighted by Gasteiger charge is 2.37. The van der Waals surface area contributed by atoms with Crippen LogP contribution in [0.15, 0.2) is 24.5 Å². The van der Waals surface area contributed by atoms with Crippen LogP contribution in [-0.2, 0) is 13.2 Å². The number of aryl methyl sites for hydroxylation is 1. The van der Waals surface area contributed by atoms with Gasteiger partial charge in [-0.3, -0.25) is 9.48 Å². The zero-order valence-corrected chi connectivity index (χ0v) is 13.4. The number of carbonyl (C=O) groups is 1. The van der Waals surface area contributed by atoms with Crippen LogP contribution >= 0.6 is 11.6 Å². The van der Waals surface area contributed by atoms with Gasteiger partial charge in [-0.2, -0.15) is 18.3 Å². The van der Waals surface area contributed by atoms with Crippen LogP contribution in [0.25, 0.3) is 0 Å². The molecule has 1 N–H and O–H groups in total. The van der Waals surface area contributed by atoms with E-state index in [1.807, 2.05) is 0 Å². The molecule has 0 radical (unpaired) electrons. The second kappa shape index (κ2) is 6.08. The number of amides is 1. The zero-order valence-electron chi connectivity index (χ0n) is 12.6. The zero-order chi connectivity index (χ0) is 17.5. The Kier molecular flexibility index (Phi) is 4.25. The van der Waals surface area contributed by atoms with E-state index in [0.29, 0.717) is 5.82 Å². The van der Waals surface area contributed by atoms with Crippen molar-refractivity contribution in [2.45, 2.75) is 25.1 Å². The number of alkyl halides is 3. The summed E-state index contributed by atoms with van der Waals surface area (Å²) in [5, 5.41) is 6.68. The lowest BCUT2D eigenvalue weighted by Gasteiger charge is -2.18. The van der Waals surface area contributed by atoms with Gasteiger partial charge in [0.05, 0.1) is 22.2 Å². The van der Waals surface area contributed by atoms with Gasteiger partial charge in [-0.1, -0.05) is 11.6 Å². The van der Waals surface area contributed by atoms with E-state index in [-0.39, 0.29) is 16.5 Å². The highest BCUT2D eigenvalue weighted by molar-refractivity contribution is 6.33. The molecule has 1 aromatic carbocycles. The summed E-state index contributed by atoms with van der Waals surface area (Å²) >= 11 is 5.91. The molecule has 1 heterocycles. The predicted octanol–water partition coefficient (Wildman–Crippen LogP) is 3.37. The molecule has 1 aliphatic rings. The van der Waals surface area contributed by atoms with Gasteiger partial charge in [0.15, 0.2) is 0 Å². The van der Waals surface area contributed by atoms with Crippen LogP contribution in [0.4, 0.5) is 13.2 Å². The summed E-state index contributed by atoms with van der Waals surface area (Å²) in [6.07, 6.45) is -1.35. The summed E-state index contributed by atoms with van der Waals surface area (Å²) in [6, 6.07) is 2.28. The number of hydrogen-bond acceptors (Lipinski definition) is 3. The lowest BCUT2D eigenvalue weighted by molar-refractivity contribution is -0.137. The third kappa shape index (κ3) is 3.38. The fourth-order valence-corrected chi connectivity index (χ4v) is 2.71. The molecule has 1 amide bonds. The number of rotatable bonds is 4. The minimum absolute atomic E-state index is 0.0342. The highest BCUT2D eigenvalue weighted by atomic mass is 35.5. The maximum atomic E-state index is 12.8. The van der Waals surface area contributed by atoms with Crippen molar-refractivity contribution in [2.75, 3.05) is 0 Å². The van der Waals surface area contributed by atoms with E-state index < -0.39 is 23.7 Å². The van der Waals surface area contributed by atoms with Gasteiger partial charge < -0.3 is 5.32 Å². The topological polar surface area (TPSA) is 59.8 Å². The van der Waals surface area contributed by atoms with Crippen LogP contribution < -0.4 is 5.32 Å². The van der Waals surface area contributed by atoms with Gasteiger partial charge in [0.2, 0.25) is 0 Å². The number of benzene rings is 1. The number of hydrogen-bond donors (Lipinski definition) is 1. The first-order valence-electron chi connectivity index (χ1n) is 7.29. The fraction of sp³-hybridized carbons (Fsp3) is 0.400. The molecule has 2 aromatic rings. The van der Waals surface area contributed by atoms with E-state index in [1.165, 1.54) is 11.0 Å². The van der Waals surface area contributed by atoms with Gasteiger partial charge in [-0.05, 0) is 37.0 Å². The number of nitrogens with zero attached hydrogens (tertiary/aromatic N) is 3. The summed E-state index contributed by atoms with van der Waals surface area (Å²) in [5.41, 5.74) is -1.13. The Labute approximate surface area is 140 Å². The standard InChI is InChI=1S/C15H14ClF3N4O/c1-23-13(20-7-21-23)12(8-2-3-8)22-14(24)10-6-9(15(17,18)19)4-5-11(10)16/h4-8,12H,2-3H2,1H3,(H,22,24). The van der Waals surface area contributed by atoms with E-state index in [4.69, 9.17) is 11.6 Å². The van der Waals surface area contributed by atoms with E-state index in [9.17, 15) is 18.0 Å². The molecule has 9 heteroatoms. The van der Waals surface area contributed by atoms with E-state index in [2.05, 4.69) is 15.4 Å². The third-order valence-electron chi connectivity index (χ3n) is 3.94. The first kappa shape index (κ1) is 16.8. The molecule has 1 unspecified atom stereocenters. The van der Waals surface area contributed by atoms with Gasteiger partial charge >= 0.3 is 6.18 Å². The smallest absolute Gasteiger partial charge is 0.342 e. The molecule has 0 saturated heterocycles. The van der Waals surface area contributed by atoms with Gasteiger partial charge in [0.1, 0.15) is 12.2 Å². The molecule has 3 rings (SSSR count). The molecule has 0 spiro atoms. The van der Waals surface area contributed by atoms with E-state index >= 15 is 0 Å². The highest BCUT2D eigenvalue weighted by Crippen LogP contribution is 2.40. The van der Waals surface area contributed by atoms with Crippen molar-refractivity contribution in [3.63, 3.8) is 0 Å². The molecular weight excluding hydrogens is 345 g/mol. The molecule has 1 saturated carbocycles. The number of carbonyl (C=O) groups excluding carboxylic acids is 1. The number of aromatic nitrogens is 3. The third-order valence-corrected chi connectivity index (χ3v) is 4.27. The van der Waals surface area contributed by atoms with Crippen LogP contribution in [0, 0.1) is 5.92 Å². The minimum atomic E-state index is -4.54. The minimum Gasteiger partial charge on any atom is -0.342 e. The van der Waals surface area contributed by atoms with Crippen molar-refractivity contribution in [1.82, 2.24) is 20.1 Å². The van der Waals surface area contributed by atoms with Gasteiger partial charge in [0, 0.05) is 7.05 Å². The van der Waals surface area contributed by atoms with Gasteiger partial charge in [-0.15, -0.1) is 0 Å². The average molecular weight is 359 g/mol. The SMILES string of the molecule is Cn1ncnc1C(NC(=O)c1cc(C(F)(F)F)ccc1Cl)C1CC1. The first-order valence-corrected chi connectivity index (χ1v) is 7.66. The number of halogens is 4. The van der Waals surface area contributed by atoms with E-state index in [0.717, 1.165) is 31.0 Å². The fourth-order valence-electron chi connectivity index (χ4n) is 2.50. The summed E-state index contributed by atoms with van der Waals surface area (Å²) < 4.78 is 40.1. The van der Waals surface area contributed by atoms with Crippen molar-refractivity contribution in [2.24, 2.45) is 13.0 Å². The van der Waals surface area contributed by atoms with Crippen LogP contribution in [0.3, 0.4) is 0 Å². The van der Waals surface area contributed by atoms with Crippen molar-refractivity contribution in [1.29, 1.82) is 0 Å². The van der Waals surface area contributed by atoms with Crippen LogP contribution in [0.1, 0.15) is 40.6 Å². The molecule has 1 aliphatic carbocycles. The largest absolute Gasteiger partial charge is 0.416 e. The molecular formula is C15H14ClF3N4O. The average Bonchev–Trinajstić information content (AvgIpc) is 3.26. The van der Waals surface area contributed by atoms with Crippen molar-refractivity contribution in [3.8, 4) is 0 Å². The summed E-state index contributed by atoms with van der Waals surface area (Å²) in [6.45, 7) is 0. The molecule has 0 bridgehead atoms. The van der Waals surface area contributed by atoms with Crippen LogP contribution in [0.5, 0.6) is 0 Å². The monoisotopic (exact) mass is 358 g/mol. The van der Waals surface area contributed by atoms with Gasteiger partial charge in [0.25, 0.3) is 5.91 Å². The quantitative estimate of drug-likeness (QED) is 0.911. The van der Waals surface area contributed by atoms with Crippen LogP contribution in [-0.4, -0.2) is 20.7 Å². The molecule has 1 fully saturated rings. The summed E-state index contributed by atoms with van der Waals surface area (Å²) in [7, 11) is 1.70. The second-order valence-corrected chi connectivity index (χ2v) is 6.13. The first-order chi connectivity index (χ1) is 11.3. The molecule has 128 valence electrons. The summed E-state index contributed by atoms with van der Waals surface area (Å²) in [5.74, 6) is 0.0985. The second-order valence-electron chi connectivity index (χ2n) is 5.72. The molecule has 5 nitrogen and oxygen atoms in total. The maximum Gasteiger partial charge on any atom is 0.416 e. The van der Waals surface area contributed by atoms with Gasteiger partial charge in [-0.25, -0.2) is 4.98 Å². The van der Waals surface area contributed by atoms with Crippen molar-refractivity contribution in [3.05, 3.63) is 46.5 Å². The Morgan fingerprint density at radius 2 is 2.12 bits per heavy atom. The Morgan fingerprint density at radius 3 is 2.67 bits per heavy atom.